The molecule has 1 aliphatic rings. The van der Waals surface area contributed by atoms with Crippen LogP contribution in [0.4, 0.5) is 0 Å². The molecular weight excluding hydrogens is 294 g/mol. The Morgan fingerprint density at radius 1 is 1.45 bits per heavy atom. The van der Waals surface area contributed by atoms with Crippen LogP contribution in [0.25, 0.3) is 0 Å². The molecule has 20 heavy (non-hydrogen) atoms. The van der Waals surface area contributed by atoms with Crippen molar-refractivity contribution >= 4 is 34.0 Å². The van der Waals surface area contributed by atoms with Gasteiger partial charge < -0.3 is 10.4 Å². The van der Waals surface area contributed by atoms with Gasteiger partial charge in [-0.05, 0) is 30.5 Å². The van der Waals surface area contributed by atoms with Crippen molar-refractivity contribution in [2.45, 2.75) is 24.0 Å². The summed E-state index contributed by atoms with van der Waals surface area (Å²) in [6.07, 6.45) is 2.53. The number of aromatic carboxylic acids is 1. The number of likely N-dealkylation sites (N-methyl/N-ethyl adjacent to an activating group) is 1. The molecule has 6 heteroatoms. The number of carbonyl (C=O) groups is 1. The van der Waals surface area contributed by atoms with Crippen molar-refractivity contribution in [3.8, 4) is 0 Å². The molecule has 4 nitrogen and oxygen atoms in total. The standard InChI is InChI=1S/C14H17NO3S2/c1-15-13(19)14(7-2-3-8-20(14)18)11-6-4-5-10(9-11)12(16)17/h4-6,9H,2-3,7-8H2,1H3,(H,15,19)(H,16,17)/t14-,20?/m1/s1. The topological polar surface area (TPSA) is 66.4 Å². The van der Waals surface area contributed by atoms with E-state index in [2.05, 4.69) is 5.32 Å². The predicted octanol–water partition coefficient (Wildman–Crippen LogP) is 2.06. The highest BCUT2D eigenvalue weighted by atomic mass is 32.2. The summed E-state index contributed by atoms with van der Waals surface area (Å²) in [5.41, 5.74) is 0.929. The Hall–Kier alpha value is -1.27. The summed E-state index contributed by atoms with van der Waals surface area (Å²) < 4.78 is 11.9. The van der Waals surface area contributed by atoms with Crippen molar-refractivity contribution in [1.29, 1.82) is 0 Å². The van der Waals surface area contributed by atoms with Crippen molar-refractivity contribution in [2.75, 3.05) is 12.8 Å². The van der Waals surface area contributed by atoms with Gasteiger partial charge in [-0.25, -0.2) is 4.79 Å². The van der Waals surface area contributed by atoms with E-state index in [4.69, 9.17) is 17.3 Å². The van der Waals surface area contributed by atoms with E-state index in [1.807, 2.05) is 6.07 Å². The van der Waals surface area contributed by atoms with Gasteiger partial charge >= 0.3 is 5.97 Å². The molecule has 0 aromatic heterocycles. The Morgan fingerprint density at radius 3 is 2.80 bits per heavy atom. The summed E-state index contributed by atoms with van der Waals surface area (Å²) >= 11 is 5.40. The third kappa shape index (κ3) is 2.50. The van der Waals surface area contributed by atoms with Crippen molar-refractivity contribution in [3.63, 3.8) is 0 Å². The molecule has 2 rings (SSSR count). The quantitative estimate of drug-likeness (QED) is 0.837. The Bertz CT molecular complexity index is 563. The normalized spacial score (nSPS) is 25.9. The first-order valence-electron chi connectivity index (χ1n) is 6.47. The summed E-state index contributed by atoms with van der Waals surface area (Å²) in [7, 11) is 0.583. The Labute approximate surface area is 126 Å². The minimum Gasteiger partial charge on any atom is -0.478 e. The van der Waals surface area contributed by atoms with E-state index < -0.39 is 21.5 Å². The lowest BCUT2D eigenvalue weighted by Crippen LogP contribution is -2.48. The third-order valence-corrected chi connectivity index (χ3v) is 6.43. The monoisotopic (exact) mass is 311 g/mol. The summed E-state index contributed by atoms with van der Waals surface area (Å²) in [6.45, 7) is 0. The van der Waals surface area contributed by atoms with Gasteiger partial charge in [-0.1, -0.05) is 30.8 Å². The van der Waals surface area contributed by atoms with Gasteiger partial charge in [0.2, 0.25) is 0 Å². The van der Waals surface area contributed by atoms with E-state index in [9.17, 15) is 9.00 Å². The molecule has 1 aromatic carbocycles. The highest BCUT2D eigenvalue weighted by molar-refractivity contribution is 7.90. The Balaban J connectivity index is 2.57. The number of carboxylic acid groups (broad SMARTS) is 1. The largest absolute Gasteiger partial charge is 0.478 e. The van der Waals surface area contributed by atoms with Crippen molar-refractivity contribution < 1.29 is 14.1 Å². The van der Waals surface area contributed by atoms with E-state index in [-0.39, 0.29) is 5.56 Å². The zero-order valence-corrected chi connectivity index (χ0v) is 12.9. The zero-order chi connectivity index (χ0) is 14.8. The Kier molecular flexibility index (Phi) is 4.55. The van der Waals surface area contributed by atoms with E-state index in [0.717, 1.165) is 18.4 Å². The van der Waals surface area contributed by atoms with E-state index in [0.29, 0.717) is 17.2 Å². The SMILES string of the molecule is CNC(=S)[C@]1(c2cccc(C(=O)O)c2)CCCCS1=O. The van der Waals surface area contributed by atoms with E-state index in [1.54, 1.807) is 19.2 Å². The minimum absolute atomic E-state index is 0.198. The molecule has 1 fully saturated rings. The van der Waals surface area contributed by atoms with Gasteiger partial charge in [0.1, 0.15) is 4.75 Å². The first-order valence-corrected chi connectivity index (χ1v) is 8.19. The summed E-state index contributed by atoms with van der Waals surface area (Å²) in [5, 5.41) is 12.1. The molecule has 1 unspecified atom stereocenters. The first kappa shape index (κ1) is 15.1. The van der Waals surface area contributed by atoms with Crippen molar-refractivity contribution in [3.05, 3.63) is 35.4 Å². The van der Waals surface area contributed by atoms with Gasteiger partial charge in [0.15, 0.2) is 0 Å². The fourth-order valence-corrected chi connectivity index (χ4v) is 5.01. The summed E-state index contributed by atoms with van der Waals surface area (Å²) in [5.74, 6) is -0.391. The number of benzene rings is 1. The van der Waals surface area contributed by atoms with Crippen LogP contribution in [0.2, 0.25) is 0 Å². The average Bonchev–Trinajstić information content (AvgIpc) is 2.47. The van der Waals surface area contributed by atoms with Gasteiger partial charge in [0, 0.05) is 23.6 Å². The highest BCUT2D eigenvalue weighted by Gasteiger charge is 2.44. The maximum Gasteiger partial charge on any atom is 0.335 e. The smallest absolute Gasteiger partial charge is 0.335 e. The van der Waals surface area contributed by atoms with Gasteiger partial charge in [0.05, 0.1) is 10.6 Å². The molecule has 0 saturated carbocycles. The maximum absolute atomic E-state index is 12.6. The molecule has 1 aliphatic heterocycles. The lowest BCUT2D eigenvalue weighted by atomic mass is 9.90. The lowest BCUT2D eigenvalue weighted by Gasteiger charge is -2.37. The average molecular weight is 311 g/mol. The van der Waals surface area contributed by atoms with Crippen LogP contribution in [0.15, 0.2) is 24.3 Å². The van der Waals surface area contributed by atoms with E-state index >= 15 is 0 Å². The second kappa shape index (κ2) is 6.01. The molecule has 0 radical (unpaired) electrons. The van der Waals surface area contributed by atoms with Gasteiger partial charge in [0.25, 0.3) is 0 Å². The minimum atomic E-state index is -1.14. The number of rotatable bonds is 3. The van der Waals surface area contributed by atoms with Gasteiger partial charge in [-0.15, -0.1) is 0 Å². The second-order valence-electron chi connectivity index (χ2n) is 4.80. The molecular formula is C14H17NO3S2. The molecule has 1 aromatic rings. The molecule has 108 valence electrons. The van der Waals surface area contributed by atoms with E-state index in [1.165, 1.54) is 6.07 Å². The van der Waals surface area contributed by atoms with Gasteiger partial charge in [-0.3, -0.25) is 4.21 Å². The van der Waals surface area contributed by atoms with Crippen LogP contribution in [0.1, 0.15) is 35.2 Å². The second-order valence-corrected chi connectivity index (χ2v) is 7.00. The van der Waals surface area contributed by atoms with Crippen LogP contribution in [0.5, 0.6) is 0 Å². The third-order valence-electron chi connectivity index (χ3n) is 3.67. The molecule has 0 aliphatic carbocycles. The van der Waals surface area contributed by atoms with Crippen molar-refractivity contribution in [1.82, 2.24) is 5.32 Å². The lowest BCUT2D eigenvalue weighted by molar-refractivity contribution is 0.0696. The number of hydrogen-bond acceptors (Lipinski definition) is 3. The van der Waals surface area contributed by atoms with Crippen LogP contribution in [-0.4, -0.2) is 33.1 Å². The molecule has 0 amide bonds. The van der Waals surface area contributed by atoms with Crippen LogP contribution in [0.3, 0.4) is 0 Å². The fraction of sp³-hybridized carbons (Fsp3) is 0.429. The maximum atomic E-state index is 12.6. The molecule has 2 atom stereocenters. The highest BCUT2D eigenvalue weighted by Crippen LogP contribution is 2.39. The molecule has 0 bridgehead atoms. The molecule has 1 heterocycles. The van der Waals surface area contributed by atoms with Crippen LogP contribution in [0, 0.1) is 0 Å². The van der Waals surface area contributed by atoms with Crippen LogP contribution in [-0.2, 0) is 15.5 Å². The number of nitrogens with one attached hydrogen (secondary N) is 1. The molecule has 1 saturated heterocycles. The molecule has 0 spiro atoms. The number of thiocarbonyl (C=S) groups is 1. The summed E-state index contributed by atoms with van der Waals surface area (Å²) in [4.78, 5) is 11.7. The van der Waals surface area contributed by atoms with Crippen LogP contribution < -0.4 is 5.32 Å². The predicted molar refractivity (Wildman–Crippen MR) is 83.6 cm³/mol. The Morgan fingerprint density at radius 2 is 2.20 bits per heavy atom. The zero-order valence-electron chi connectivity index (χ0n) is 11.2. The van der Waals surface area contributed by atoms with Crippen molar-refractivity contribution in [2.24, 2.45) is 0 Å². The molecule has 2 N–H and O–H groups in total. The first-order chi connectivity index (χ1) is 9.52. The summed E-state index contributed by atoms with van der Waals surface area (Å²) in [6, 6.07) is 6.63. The van der Waals surface area contributed by atoms with Gasteiger partial charge in [-0.2, -0.15) is 0 Å². The fourth-order valence-electron chi connectivity index (χ4n) is 2.62. The number of carboxylic acids is 1. The number of hydrogen-bond donors (Lipinski definition) is 2. The van der Waals surface area contributed by atoms with Crippen LogP contribution >= 0.6 is 12.2 Å².